The van der Waals surface area contributed by atoms with Crippen LogP contribution in [0.4, 0.5) is 4.39 Å². The molecule has 0 atom stereocenters. The fraction of sp³-hybridized carbons (Fsp3) is 0.333. The van der Waals surface area contributed by atoms with E-state index in [4.69, 9.17) is 5.11 Å². The topological polar surface area (TPSA) is 57.6 Å². The van der Waals surface area contributed by atoms with Gasteiger partial charge in [0.25, 0.3) is 0 Å². The van der Waals surface area contributed by atoms with Crippen LogP contribution in [0.25, 0.3) is 0 Å². The maximum atomic E-state index is 13.5. The zero-order valence-corrected chi connectivity index (χ0v) is 9.36. The first-order valence-electron chi connectivity index (χ1n) is 5.29. The van der Waals surface area contributed by atoms with Crippen molar-refractivity contribution in [3.05, 3.63) is 34.6 Å². The Morgan fingerprint density at radius 1 is 1.35 bits per heavy atom. The predicted octanol–water partition coefficient (Wildman–Crippen LogP) is 1.43. The minimum atomic E-state index is -1.09. The molecule has 1 aromatic carbocycles. The standard InChI is InChI=1S/C12H12FNO3/c1-7(15)14-5-4-8-10(6-14)9(12(16)17)2-3-11(8)13/h2-3H,4-6H2,1H3,(H,16,17). The van der Waals surface area contributed by atoms with Gasteiger partial charge < -0.3 is 10.0 Å². The molecular formula is C12H12FNO3. The lowest BCUT2D eigenvalue weighted by Gasteiger charge is -2.29. The number of rotatable bonds is 1. The van der Waals surface area contributed by atoms with Gasteiger partial charge in [0, 0.05) is 20.0 Å². The largest absolute Gasteiger partial charge is 0.478 e. The maximum Gasteiger partial charge on any atom is 0.336 e. The van der Waals surface area contributed by atoms with E-state index in [1.807, 2.05) is 0 Å². The first-order valence-corrected chi connectivity index (χ1v) is 5.29. The highest BCUT2D eigenvalue weighted by atomic mass is 19.1. The summed E-state index contributed by atoms with van der Waals surface area (Å²) in [4.78, 5) is 23.8. The molecule has 1 heterocycles. The molecule has 17 heavy (non-hydrogen) atoms. The molecule has 90 valence electrons. The van der Waals surface area contributed by atoms with Crippen LogP contribution < -0.4 is 0 Å². The number of carbonyl (C=O) groups excluding carboxylic acids is 1. The van der Waals surface area contributed by atoms with Crippen LogP contribution >= 0.6 is 0 Å². The molecule has 2 rings (SSSR count). The summed E-state index contributed by atoms with van der Waals surface area (Å²) in [6.07, 6.45) is 0.363. The van der Waals surface area contributed by atoms with Gasteiger partial charge in [0.15, 0.2) is 0 Å². The Hall–Kier alpha value is -1.91. The molecule has 0 unspecified atom stereocenters. The molecule has 5 heteroatoms. The highest BCUT2D eigenvalue weighted by Gasteiger charge is 2.25. The van der Waals surface area contributed by atoms with E-state index < -0.39 is 11.8 Å². The van der Waals surface area contributed by atoms with E-state index in [2.05, 4.69) is 0 Å². The summed E-state index contributed by atoms with van der Waals surface area (Å²) >= 11 is 0. The first kappa shape index (κ1) is 11.6. The van der Waals surface area contributed by atoms with Gasteiger partial charge in [-0.3, -0.25) is 4.79 Å². The van der Waals surface area contributed by atoms with Gasteiger partial charge in [-0.05, 0) is 29.7 Å². The molecule has 1 amide bonds. The third-order valence-electron chi connectivity index (χ3n) is 3.03. The lowest BCUT2D eigenvalue weighted by atomic mass is 9.94. The normalized spacial score (nSPS) is 14.4. The Kier molecular flexibility index (Phi) is 2.83. The number of halogens is 1. The Balaban J connectivity index is 2.49. The van der Waals surface area contributed by atoms with Gasteiger partial charge in [0.2, 0.25) is 5.91 Å². The number of fused-ring (bicyclic) bond motifs is 1. The second kappa shape index (κ2) is 4.16. The summed E-state index contributed by atoms with van der Waals surface area (Å²) in [6.45, 7) is 2.02. The predicted molar refractivity (Wildman–Crippen MR) is 58.2 cm³/mol. The fourth-order valence-corrected chi connectivity index (χ4v) is 2.10. The quantitative estimate of drug-likeness (QED) is 0.803. The van der Waals surface area contributed by atoms with Crippen LogP contribution in [0, 0.1) is 5.82 Å². The van der Waals surface area contributed by atoms with E-state index in [9.17, 15) is 14.0 Å². The van der Waals surface area contributed by atoms with E-state index in [0.717, 1.165) is 0 Å². The SMILES string of the molecule is CC(=O)N1CCc2c(F)ccc(C(=O)O)c2C1. The average molecular weight is 237 g/mol. The smallest absolute Gasteiger partial charge is 0.336 e. The number of carboxylic acid groups (broad SMARTS) is 1. The molecule has 1 aliphatic rings. The molecule has 0 fully saturated rings. The number of amides is 1. The van der Waals surface area contributed by atoms with Crippen molar-refractivity contribution in [3.63, 3.8) is 0 Å². The zero-order chi connectivity index (χ0) is 12.6. The first-order chi connectivity index (χ1) is 8.00. The van der Waals surface area contributed by atoms with Crippen LogP contribution in [0.15, 0.2) is 12.1 Å². The van der Waals surface area contributed by atoms with E-state index in [1.165, 1.54) is 24.0 Å². The lowest BCUT2D eigenvalue weighted by Crippen LogP contribution is -2.35. The van der Waals surface area contributed by atoms with Gasteiger partial charge in [-0.2, -0.15) is 0 Å². The summed E-state index contributed by atoms with van der Waals surface area (Å²) in [5, 5.41) is 9.03. The molecule has 0 aromatic heterocycles. The van der Waals surface area contributed by atoms with Gasteiger partial charge in [-0.1, -0.05) is 0 Å². The van der Waals surface area contributed by atoms with Gasteiger partial charge in [0.1, 0.15) is 5.82 Å². The monoisotopic (exact) mass is 237 g/mol. The Morgan fingerprint density at radius 3 is 2.65 bits per heavy atom. The van der Waals surface area contributed by atoms with Crippen molar-refractivity contribution in [2.45, 2.75) is 19.9 Å². The molecule has 1 aromatic rings. The third-order valence-corrected chi connectivity index (χ3v) is 3.03. The van der Waals surface area contributed by atoms with Crippen molar-refractivity contribution in [3.8, 4) is 0 Å². The summed E-state index contributed by atoms with van der Waals surface area (Å²) < 4.78 is 13.5. The molecule has 0 saturated heterocycles. The summed E-state index contributed by atoms with van der Waals surface area (Å²) in [7, 11) is 0. The van der Waals surface area contributed by atoms with Crippen molar-refractivity contribution < 1.29 is 19.1 Å². The van der Waals surface area contributed by atoms with Crippen LogP contribution in [0.2, 0.25) is 0 Å². The van der Waals surface area contributed by atoms with Gasteiger partial charge >= 0.3 is 5.97 Å². The lowest BCUT2D eigenvalue weighted by molar-refractivity contribution is -0.129. The number of carbonyl (C=O) groups is 2. The van der Waals surface area contributed by atoms with Gasteiger partial charge in [-0.25, -0.2) is 9.18 Å². The number of carboxylic acids is 1. The van der Waals surface area contributed by atoms with E-state index in [0.29, 0.717) is 24.1 Å². The van der Waals surface area contributed by atoms with Crippen molar-refractivity contribution in [1.29, 1.82) is 0 Å². The van der Waals surface area contributed by atoms with Crippen LogP contribution in [0.3, 0.4) is 0 Å². The highest BCUT2D eigenvalue weighted by molar-refractivity contribution is 5.90. The third kappa shape index (κ3) is 2.00. The second-order valence-corrected chi connectivity index (χ2v) is 4.05. The van der Waals surface area contributed by atoms with Crippen LogP contribution in [-0.4, -0.2) is 28.4 Å². The van der Waals surface area contributed by atoms with E-state index in [1.54, 1.807) is 0 Å². The Labute approximate surface area is 97.7 Å². The van der Waals surface area contributed by atoms with Crippen LogP contribution in [0.5, 0.6) is 0 Å². The van der Waals surface area contributed by atoms with Gasteiger partial charge in [-0.15, -0.1) is 0 Å². The molecule has 1 aliphatic heterocycles. The van der Waals surface area contributed by atoms with Crippen molar-refractivity contribution >= 4 is 11.9 Å². The zero-order valence-electron chi connectivity index (χ0n) is 9.36. The minimum Gasteiger partial charge on any atom is -0.478 e. The molecule has 0 bridgehead atoms. The fourth-order valence-electron chi connectivity index (χ4n) is 2.10. The number of nitrogens with zero attached hydrogens (tertiary/aromatic N) is 1. The molecule has 1 N–H and O–H groups in total. The van der Waals surface area contributed by atoms with E-state index >= 15 is 0 Å². The summed E-state index contributed by atoms with van der Waals surface area (Å²) in [5.41, 5.74) is 0.911. The molecule has 4 nitrogen and oxygen atoms in total. The molecule has 0 saturated carbocycles. The second-order valence-electron chi connectivity index (χ2n) is 4.05. The van der Waals surface area contributed by atoms with Crippen molar-refractivity contribution in [2.24, 2.45) is 0 Å². The highest BCUT2D eigenvalue weighted by Crippen LogP contribution is 2.25. The number of hydrogen-bond acceptors (Lipinski definition) is 2. The van der Waals surface area contributed by atoms with Crippen molar-refractivity contribution in [2.75, 3.05) is 6.54 Å². The number of hydrogen-bond donors (Lipinski definition) is 1. The van der Waals surface area contributed by atoms with Gasteiger partial charge in [0.05, 0.1) is 5.56 Å². The molecule has 0 aliphatic carbocycles. The number of benzene rings is 1. The van der Waals surface area contributed by atoms with E-state index in [-0.39, 0.29) is 18.0 Å². The minimum absolute atomic E-state index is 0.0763. The average Bonchev–Trinajstić information content (AvgIpc) is 2.28. The molecular weight excluding hydrogens is 225 g/mol. The Morgan fingerprint density at radius 2 is 2.06 bits per heavy atom. The summed E-state index contributed by atoms with van der Waals surface area (Å²) in [6, 6.07) is 2.42. The number of aromatic carboxylic acids is 1. The molecule has 0 radical (unpaired) electrons. The van der Waals surface area contributed by atoms with Crippen LogP contribution in [0.1, 0.15) is 28.4 Å². The maximum absolute atomic E-state index is 13.5. The Bertz CT molecular complexity index is 499. The summed E-state index contributed by atoms with van der Waals surface area (Å²) in [5.74, 6) is -1.61. The van der Waals surface area contributed by atoms with Crippen LogP contribution in [-0.2, 0) is 17.8 Å². The van der Waals surface area contributed by atoms with Crippen molar-refractivity contribution in [1.82, 2.24) is 4.90 Å². The molecule has 0 spiro atoms.